The predicted octanol–water partition coefficient (Wildman–Crippen LogP) is -1.76. The summed E-state index contributed by atoms with van der Waals surface area (Å²) in [5.41, 5.74) is -2.68. The van der Waals surface area contributed by atoms with E-state index in [1.54, 1.807) is 0 Å². The summed E-state index contributed by atoms with van der Waals surface area (Å²) in [7, 11) is 6.72. The number of hydrogen-bond acceptors (Lipinski definition) is 13. The lowest BCUT2D eigenvalue weighted by Crippen LogP contribution is -2.42. The Labute approximate surface area is 271 Å². The minimum Gasteiger partial charge on any atom is -0.480 e. The topological polar surface area (TPSA) is 240 Å². The van der Waals surface area contributed by atoms with E-state index in [2.05, 4.69) is 19.4 Å². The lowest BCUT2D eigenvalue weighted by atomic mass is 10.3. The fourth-order valence-electron chi connectivity index (χ4n) is 4.61. The van der Waals surface area contributed by atoms with Crippen LogP contribution in [0.3, 0.4) is 0 Å². The molecule has 0 aliphatic carbocycles. The first kappa shape index (κ1) is 38.7. The van der Waals surface area contributed by atoms with Gasteiger partial charge in [-0.3, -0.25) is 37.4 Å². The van der Waals surface area contributed by atoms with E-state index in [1.165, 1.54) is 66.5 Å². The molecule has 0 saturated heterocycles. The van der Waals surface area contributed by atoms with Crippen LogP contribution in [0.25, 0.3) is 22.3 Å². The Morgan fingerprint density at radius 3 is 1.44 bits per heavy atom. The van der Waals surface area contributed by atoms with E-state index in [0.29, 0.717) is 0 Å². The average Bonchev–Trinajstić information content (AvgIpc) is 3.68. The van der Waals surface area contributed by atoms with Crippen molar-refractivity contribution < 1.29 is 38.5 Å². The molecular weight excluding hydrogens is 640 g/mol. The molecule has 1 N–H and O–H groups in total. The Hall–Kier alpha value is -5.50. The number of ketones is 2. The largest absolute Gasteiger partial charge is 0.480 e. The molecule has 20 nitrogen and oxygen atoms in total. The van der Waals surface area contributed by atoms with Crippen molar-refractivity contribution in [1.29, 1.82) is 0 Å². The van der Waals surface area contributed by atoms with E-state index >= 15 is 0 Å². The van der Waals surface area contributed by atoms with Crippen molar-refractivity contribution in [3.05, 3.63) is 54.3 Å². The molecule has 0 aromatic carbocycles. The van der Waals surface area contributed by atoms with E-state index in [-0.39, 0.29) is 43.0 Å². The van der Waals surface area contributed by atoms with Crippen LogP contribution >= 0.6 is 0 Å². The van der Waals surface area contributed by atoms with Gasteiger partial charge in [0.1, 0.15) is 25.3 Å². The molecule has 4 aromatic heterocycles. The normalized spacial score (nSPS) is 12.1. The number of esters is 1. The molecule has 4 rings (SSSR count). The Kier molecular flexibility index (Phi) is 12.8. The van der Waals surface area contributed by atoms with Gasteiger partial charge in [0.05, 0.1) is 32.9 Å². The molecule has 20 heteroatoms. The third-order valence-corrected chi connectivity index (χ3v) is 7.13. The fourth-order valence-corrected chi connectivity index (χ4v) is 4.61. The number of ether oxygens (including phenoxy) is 3. The molecule has 4 heterocycles. The maximum Gasteiger partial charge on any atom is 0.332 e. The Balaban J connectivity index is 0.000000327. The van der Waals surface area contributed by atoms with Crippen LogP contribution < -0.4 is 22.5 Å². The minimum absolute atomic E-state index is 0. The Morgan fingerprint density at radius 2 is 1.10 bits per heavy atom. The molecule has 48 heavy (non-hydrogen) atoms. The summed E-state index contributed by atoms with van der Waals surface area (Å²) in [5, 5.41) is 9.12. The van der Waals surface area contributed by atoms with Gasteiger partial charge in [-0.2, -0.15) is 0 Å². The minimum atomic E-state index is -1.15. The van der Waals surface area contributed by atoms with Gasteiger partial charge >= 0.3 is 23.3 Å². The SMILES string of the molecule is C.COCC(=O)Cn1c(=O)c2c(ncn2[C@@H](C)C(=O)O)n(C)c1=O.COCC(=O)Cn1c(=O)c2c(ncn2[C@@H](C)C(=O)OC)n(C)c1=O. The summed E-state index contributed by atoms with van der Waals surface area (Å²) < 4.78 is 20.3. The molecule has 4 aromatic rings. The smallest absolute Gasteiger partial charge is 0.332 e. The summed E-state index contributed by atoms with van der Waals surface area (Å²) >= 11 is 0. The summed E-state index contributed by atoms with van der Waals surface area (Å²) in [6, 6.07) is -1.86. The number of carboxylic acid groups (broad SMARTS) is 1. The third-order valence-electron chi connectivity index (χ3n) is 7.13. The molecule has 0 radical (unpaired) electrons. The number of imidazole rings is 2. The van der Waals surface area contributed by atoms with Crippen molar-refractivity contribution in [3.8, 4) is 0 Å². The molecule has 0 unspecified atom stereocenters. The molecule has 2 atom stereocenters. The molecule has 0 saturated carbocycles. The van der Waals surface area contributed by atoms with Crippen molar-refractivity contribution in [1.82, 2.24) is 37.4 Å². The zero-order valence-electron chi connectivity index (χ0n) is 26.7. The zero-order valence-corrected chi connectivity index (χ0v) is 26.7. The average molecular weight is 679 g/mol. The number of hydrogen-bond donors (Lipinski definition) is 1. The lowest BCUT2D eigenvalue weighted by molar-refractivity contribution is -0.144. The van der Waals surface area contributed by atoms with Crippen LogP contribution in [0.2, 0.25) is 0 Å². The van der Waals surface area contributed by atoms with Crippen molar-refractivity contribution >= 4 is 45.8 Å². The number of carboxylic acids is 1. The van der Waals surface area contributed by atoms with Crippen molar-refractivity contribution in [3.63, 3.8) is 0 Å². The zero-order chi connectivity index (χ0) is 35.3. The second-order valence-electron chi connectivity index (χ2n) is 10.3. The van der Waals surface area contributed by atoms with Gasteiger partial charge in [-0.15, -0.1) is 0 Å². The number of carbonyl (C=O) groups excluding carboxylic acids is 3. The molecule has 0 aliphatic heterocycles. The Bertz CT molecular complexity index is 2100. The number of rotatable bonds is 12. The quantitative estimate of drug-likeness (QED) is 0.163. The highest BCUT2D eigenvalue weighted by Crippen LogP contribution is 2.15. The van der Waals surface area contributed by atoms with Crippen LogP contribution in [-0.4, -0.2) is 101 Å². The molecule has 0 amide bonds. The van der Waals surface area contributed by atoms with Gasteiger partial charge in [0.2, 0.25) is 0 Å². The van der Waals surface area contributed by atoms with Gasteiger partial charge in [0.15, 0.2) is 33.9 Å². The van der Waals surface area contributed by atoms with Crippen molar-refractivity contribution in [2.75, 3.05) is 34.5 Å². The van der Waals surface area contributed by atoms with E-state index in [1.807, 2.05) is 0 Å². The van der Waals surface area contributed by atoms with E-state index in [0.717, 1.165) is 22.8 Å². The monoisotopic (exact) mass is 678 g/mol. The summed E-state index contributed by atoms with van der Waals surface area (Å²) in [4.78, 5) is 104. The number of aromatic nitrogens is 8. The van der Waals surface area contributed by atoms with Crippen LogP contribution in [0.4, 0.5) is 0 Å². The third kappa shape index (κ3) is 7.39. The lowest BCUT2D eigenvalue weighted by Gasteiger charge is -2.13. The number of fused-ring (bicyclic) bond motifs is 2. The van der Waals surface area contributed by atoms with Crippen LogP contribution in [0.15, 0.2) is 31.8 Å². The summed E-state index contributed by atoms with van der Waals surface area (Å²) in [5.74, 6) is -2.60. The van der Waals surface area contributed by atoms with Gasteiger partial charge < -0.3 is 28.5 Å². The predicted molar refractivity (Wildman–Crippen MR) is 168 cm³/mol. The van der Waals surface area contributed by atoms with Gasteiger partial charge in [-0.25, -0.2) is 29.1 Å². The number of methoxy groups -OCH3 is 3. The standard InChI is InChI=1S/C14H18N4O6.C13H16N4O6.CH4/c1-8(13(21)24-4)18-7-15-11-10(18)12(20)17(14(22)16(11)2)5-9(19)6-23-3;1-7(12(20)21)17-6-14-10-9(17)11(19)16(13(22)15(10)2)4-8(18)5-23-3;/h7-8H,5-6H2,1-4H3;6-7H,4-5H2,1-3H3,(H,20,21);1H4/t8-;7-;/m00./s1. The van der Waals surface area contributed by atoms with E-state index in [4.69, 9.17) is 9.84 Å². The molecule has 262 valence electrons. The maximum atomic E-state index is 12.7. The fraction of sp³-hybridized carbons (Fsp3) is 0.500. The van der Waals surface area contributed by atoms with Crippen LogP contribution in [0, 0.1) is 0 Å². The highest BCUT2D eigenvalue weighted by molar-refractivity contribution is 5.81. The van der Waals surface area contributed by atoms with Gasteiger partial charge in [0, 0.05) is 28.3 Å². The second-order valence-corrected chi connectivity index (χ2v) is 10.3. The highest BCUT2D eigenvalue weighted by atomic mass is 16.5. The highest BCUT2D eigenvalue weighted by Gasteiger charge is 2.24. The molecule has 0 spiro atoms. The first-order valence-corrected chi connectivity index (χ1v) is 13.8. The first-order valence-electron chi connectivity index (χ1n) is 13.8. The van der Waals surface area contributed by atoms with Gasteiger partial charge in [-0.05, 0) is 13.8 Å². The van der Waals surface area contributed by atoms with E-state index < -0.39 is 71.2 Å². The molecule has 0 aliphatic rings. The molecular formula is C28H38N8O12. The van der Waals surface area contributed by atoms with Crippen molar-refractivity contribution in [2.45, 2.75) is 46.4 Å². The maximum absolute atomic E-state index is 12.7. The molecule has 0 fully saturated rings. The number of aliphatic carboxylic acids is 1. The second kappa shape index (κ2) is 15.9. The number of aryl methyl sites for hydroxylation is 2. The number of carbonyl (C=O) groups is 4. The van der Waals surface area contributed by atoms with Crippen LogP contribution in [0.5, 0.6) is 0 Å². The van der Waals surface area contributed by atoms with Gasteiger partial charge in [0.25, 0.3) is 11.1 Å². The number of nitrogens with zero attached hydrogens (tertiary/aromatic N) is 8. The van der Waals surface area contributed by atoms with Crippen LogP contribution in [0.1, 0.15) is 33.4 Å². The Morgan fingerprint density at radius 1 is 0.729 bits per heavy atom. The van der Waals surface area contributed by atoms with Gasteiger partial charge in [-0.1, -0.05) is 7.43 Å². The van der Waals surface area contributed by atoms with Crippen LogP contribution in [-0.2, 0) is 60.6 Å². The van der Waals surface area contributed by atoms with E-state index in [9.17, 15) is 38.4 Å². The molecule has 0 bridgehead atoms. The summed E-state index contributed by atoms with van der Waals surface area (Å²) in [6.45, 7) is 1.59. The number of Topliss-reactive ketones (excluding diaryl/α,β-unsaturated/α-hetero) is 2. The summed E-state index contributed by atoms with van der Waals surface area (Å²) in [6.07, 6.45) is 2.47. The first-order chi connectivity index (χ1) is 22.1. The van der Waals surface area contributed by atoms with Crippen molar-refractivity contribution in [2.24, 2.45) is 14.1 Å².